The van der Waals surface area contributed by atoms with Crippen LogP contribution in [-0.2, 0) is 19.1 Å². The molecule has 2 aromatic rings. The van der Waals surface area contributed by atoms with Crippen LogP contribution in [0.5, 0.6) is 5.75 Å². The molecule has 32 heavy (non-hydrogen) atoms. The van der Waals surface area contributed by atoms with E-state index in [2.05, 4.69) is 10.7 Å². The van der Waals surface area contributed by atoms with Gasteiger partial charge in [0.2, 0.25) is 5.91 Å². The summed E-state index contributed by atoms with van der Waals surface area (Å²) in [5.74, 6) is -2.52. The number of rotatable bonds is 7. The number of carbonyl (C=O) groups excluding carboxylic acids is 4. The zero-order chi connectivity index (χ0) is 23.3. The smallest absolute Gasteiger partial charge is 0.311 e. The fraction of sp³-hybridized carbons (Fsp3) is 0.304. The molecule has 1 saturated heterocycles. The average Bonchev–Trinajstić information content (AvgIpc) is 3.14. The van der Waals surface area contributed by atoms with Crippen molar-refractivity contribution in [1.29, 1.82) is 0 Å². The fourth-order valence-corrected chi connectivity index (χ4v) is 3.43. The van der Waals surface area contributed by atoms with Crippen LogP contribution in [0.1, 0.15) is 27.9 Å². The van der Waals surface area contributed by atoms with Crippen molar-refractivity contribution in [3.8, 4) is 5.75 Å². The van der Waals surface area contributed by atoms with Gasteiger partial charge in [0, 0.05) is 12.1 Å². The van der Waals surface area contributed by atoms with E-state index in [0.717, 1.165) is 16.1 Å². The number of anilines is 1. The lowest BCUT2D eigenvalue weighted by Crippen LogP contribution is -2.43. The Hall–Kier alpha value is -3.88. The summed E-state index contributed by atoms with van der Waals surface area (Å²) < 4.78 is 10.3. The summed E-state index contributed by atoms with van der Waals surface area (Å²) in [4.78, 5) is 49.3. The van der Waals surface area contributed by atoms with E-state index in [1.165, 1.54) is 7.11 Å². The minimum atomic E-state index is -0.784. The molecule has 0 aliphatic carbocycles. The van der Waals surface area contributed by atoms with Gasteiger partial charge < -0.3 is 14.8 Å². The number of hydrazine groups is 1. The molecule has 168 valence electrons. The van der Waals surface area contributed by atoms with Gasteiger partial charge in [-0.1, -0.05) is 30.3 Å². The lowest BCUT2D eigenvalue weighted by Gasteiger charge is -2.18. The van der Waals surface area contributed by atoms with E-state index >= 15 is 0 Å². The van der Waals surface area contributed by atoms with E-state index in [9.17, 15) is 19.2 Å². The summed E-state index contributed by atoms with van der Waals surface area (Å²) in [6.45, 7) is 3.22. The topological polar surface area (TPSA) is 114 Å². The molecule has 9 nitrogen and oxygen atoms in total. The standard InChI is InChI=1S/C23H25N3O6/c1-14-7-6-8-15(2)21(14)24-19(27)13-32-23(30)16-11-20(28)26(12-16)25-22(29)17-9-4-5-10-18(17)31-3/h4-10,16H,11-13H2,1-3H3,(H,24,27)(H,25,29)/t16-/m0/s1. The molecule has 1 aliphatic rings. The molecule has 2 aromatic carbocycles. The predicted octanol–water partition coefficient (Wildman–Crippen LogP) is 1.99. The number of aryl methyl sites for hydroxylation is 2. The van der Waals surface area contributed by atoms with E-state index in [-0.39, 0.29) is 18.5 Å². The van der Waals surface area contributed by atoms with Crippen molar-refractivity contribution in [1.82, 2.24) is 10.4 Å². The largest absolute Gasteiger partial charge is 0.496 e. The van der Waals surface area contributed by atoms with E-state index in [0.29, 0.717) is 11.4 Å². The van der Waals surface area contributed by atoms with Crippen LogP contribution < -0.4 is 15.5 Å². The number of benzene rings is 2. The monoisotopic (exact) mass is 439 g/mol. The van der Waals surface area contributed by atoms with Gasteiger partial charge in [-0.3, -0.25) is 29.6 Å². The average molecular weight is 439 g/mol. The number of hydrogen-bond donors (Lipinski definition) is 2. The number of nitrogens with zero attached hydrogens (tertiary/aromatic N) is 1. The van der Waals surface area contributed by atoms with Crippen molar-refractivity contribution in [3.63, 3.8) is 0 Å². The van der Waals surface area contributed by atoms with Gasteiger partial charge in [0.15, 0.2) is 6.61 Å². The zero-order valence-electron chi connectivity index (χ0n) is 18.1. The van der Waals surface area contributed by atoms with Gasteiger partial charge in [-0.2, -0.15) is 0 Å². The van der Waals surface area contributed by atoms with E-state index in [1.54, 1.807) is 24.3 Å². The van der Waals surface area contributed by atoms with Crippen molar-refractivity contribution in [2.75, 3.05) is 25.6 Å². The second-order valence-electron chi connectivity index (χ2n) is 7.47. The number of ether oxygens (including phenoxy) is 2. The Kier molecular flexibility index (Phi) is 7.09. The lowest BCUT2D eigenvalue weighted by molar-refractivity contribution is -0.151. The van der Waals surface area contributed by atoms with Gasteiger partial charge in [0.25, 0.3) is 11.8 Å². The first-order chi connectivity index (χ1) is 15.3. The van der Waals surface area contributed by atoms with Crippen molar-refractivity contribution in [2.45, 2.75) is 20.3 Å². The molecule has 2 N–H and O–H groups in total. The summed E-state index contributed by atoms with van der Waals surface area (Å²) in [5.41, 5.74) is 5.22. The van der Waals surface area contributed by atoms with Crippen LogP contribution >= 0.6 is 0 Å². The summed E-state index contributed by atoms with van der Waals surface area (Å²) in [6, 6.07) is 12.2. The predicted molar refractivity (Wildman–Crippen MR) is 116 cm³/mol. The highest BCUT2D eigenvalue weighted by molar-refractivity contribution is 5.99. The van der Waals surface area contributed by atoms with Crippen molar-refractivity contribution in [3.05, 3.63) is 59.2 Å². The van der Waals surface area contributed by atoms with Crippen LogP contribution in [0, 0.1) is 19.8 Å². The van der Waals surface area contributed by atoms with Crippen LogP contribution in [0.25, 0.3) is 0 Å². The maximum atomic E-state index is 12.5. The third kappa shape index (κ3) is 5.23. The SMILES string of the molecule is COc1ccccc1C(=O)NN1C[C@@H](C(=O)OCC(=O)Nc2c(C)cccc2C)CC1=O. The second kappa shape index (κ2) is 9.95. The molecule has 0 saturated carbocycles. The second-order valence-corrected chi connectivity index (χ2v) is 7.47. The highest BCUT2D eigenvalue weighted by Crippen LogP contribution is 2.21. The summed E-state index contributed by atoms with van der Waals surface area (Å²) in [6.07, 6.45) is -0.121. The molecule has 1 atom stereocenters. The molecule has 0 unspecified atom stereocenters. The molecule has 1 aliphatic heterocycles. The lowest BCUT2D eigenvalue weighted by atomic mass is 10.1. The zero-order valence-corrected chi connectivity index (χ0v) is 18.1. The molecule has 0 radical (unpaired) electrons. The third-order valence-corrected chi connectivity index (χ3v) is 5.14. The Morgan fingerprint density at radius 3 is 2.44 bits per heavy atom. The number of hydrogen-bond acceptors (Lipinski definition) is 6. The van der Waals surface area contributed by atoms with Crippen LogP contribution in [0.3, 0.4) is 0 Å². The Morgan fingerprint density at radius 1 is 1.06 bits per heavy atom. The first-order valence-electron chi connectivity index (χ1n) is 10.1. The molecular formula is C23H25N3O6. The van der Waals surface area contributed by atoms with Crippen LogP contribution in [0.4, 0.5) is 5.69 Å². The van der Waals surface area contributed by atoms with Gasteiger partial charge in [-0.05, 0) is 37.1 Å². The van der Waals surface area contributed by atoms with Crippen molar-refractivity contribution < 1.29 is 28.7 Å². The third-order valence-electron chi connectivity index (χ3n) is 5.14. The molecule has 0 spiro atoms. The Bertz CT molecular complexity index is 1030. The first kappa shape index (κ1) is 22.8. The van der Waals surface area contributed by atoms with Gasteiger partial charge in [-0.15, -0.1) is 0 Å². The van der Waals surface area contributed by atoms with Crippen molar-refractivity contribution >= 4 is 29.4 Å². The quantitative estimate of drug-likeness (QED) is 0.638. The number of carbonyl (C=O) groups is 4. The Labute approximate surface area is 185 Å². The number of esters is 1. The van der Waals surface area contributed by atoms with Crippen LogP contribution in [0.2, 0.25) is 0 Å². The molecular weight excluding hydrogens is 414 g/mol. The molecule has 0 aromatic heterocycles. The molecule has 9 heteroatoms. The van der Waals surface area contributed by atoms with Crippen LogP contribution in [-0.4, -0.2) is 49.0 Å². The van der Waals surface area contributed by atoms with Crippen molar-refractivity contribution in [2.24, 2.45) is 5.92 Å². The van der Waals surface area contributed by atoms with Crippen LogP contribution in [0.15, 0.2) is 42.5 Å². The normalized spacial score (nSPS) is 15.3. The molecule has 3 rings (SSSR count). The number of para-hydroxylation sites is 2. The van der Waals surface area contributed by atoms with Gasteiger partial charge >= 0.3 is 5.97 Å². The summed E-state index contributed by atoms with van der Waals surface area (Å²) in [7, 11) is 1.44. The Morgan fingerprint density at radius 2 is 1.75 bits per heavy atom. The van der Waals surface area contributed by atoms with Gasteiger partial charge in [0.05, 0.1) is 25.1 Å². The maximum absolute atomic E-state index is 12.5. The highest BCUT2D eigenvalue weighted by atomic mass is 16.5. The molecule has 3 amide bonds. The first-order valence-corrected chi connectivity index (χ1v) is 10.1. The number of methoxy groups -OCH3 is 1. The summed E-state index contributed by atoms with van der Waals surface area (Å²) in [5, 5.41) is 3.82. The fourth-order valence-electron chi connectivity index (χ4n) is 3.43. The minimum Gasteiger partial charge on any atom is -0.496 e. The highest BCUT2D eigenvalue weighted by Gasteiger charge is 2.37. The number of nitrogens with one attached hydrogen (secondary N) is 2. The van der Waals surface area contributed by atoms with Gasteiger partial charge in [-0.25, -0.2) is 0 Å². The van der Waals surface area contributed by atoms with E-state index < -0.39 is 36.2 Å². The van der Waals surface area contributed by atoms with E-state index in [4.69, 9.17) is 9.47 Å². The number of amides is 3. The molecule has 1 heterocycles. The Balaban J connectivity index is 1.52. The molecule has 0 bridgehead atoms. The maximum Gasteiger partial charge on any atom is 0.311 e. The van der Waals surface area contributed by atoms with E-state index in [1.807, 2.05) is 32.0 Å². The molecule has 1 fully saturated rings. The minimum absolute atomic E-state index is 0.0446. The van der Waals surface area contributed by atoms with Gasteiger partial charge in [0.1, 0.15) is 5.75 Å². The summed E-state index contributed by atoms with van der Waals surface area (Å²) >= 11 is 0.